The summed E-state index contributed by atoms with van der Waals surface area (Å²) in [6.45, 7) is 0.608. The van der Waals surface area contributed by atoms with Crippen molar-refractivity contribution in [1.82, 2.24) is 9.88 Å². The minimum absolute atomic E-state index is 0.149. The van der Waals surface area contributed by atoms with Gasteiger partial charge in [-0.15, -0.1) is 0 Å². The van der Waals surface area contributed by atoms with Crippen LogP contribution in [0.1, 0.15) is 17.5 Å². The number of hydrogen-bond acceptors (Lipinski definition) is 2. The third-order valence-corrected chi connectivity index (χ3v) is 4.29. The molecule has 0 saturated carbocycles. The number of hydrogen-bond donors (Lipinski definition) is 1. The van der Waals surface area contributed by atoms with E-state index < -0.39 is 0 Å². The second-order valence-corrected chi connectivity index (χ2v) is 5.96. The number of fused-ring (bicyclic) bond motifs is 1. The van der Waals surface area contributed by atoms with Crippen molar-refractivity contribution in [2.24, 2.45) is 0 Å². The summed E-state index contributed by atoms with van der Waals surface area (Å²) < 4.78 is 5.15. The zero-order chi connectivity index (χ0) is 16.9. The highest BCUT2D eigenvalue weighted by atomic mass is 16.5. The maximum atomic E-state index is 12.4. The molecule has 2 aromatic carbocycles. The van der Waals surface area contributed by atoms with Crippen LogP contribution in [0, 0.1) is 0 Å². The van der Waals surface area contributed by atoms with Gasteiger partial charge in [0.1, 0.15) is 5.75 Å². The number of aromatic amines is 1. The number of benzene rings is 2. The summed E-state index contributed by atoms with van der Waals surface area (Å²) in [7, 11) is 3.50. The molecule has 4 heteroatoms. The van der Waals surface area contributed by atoms with Crippen molar-refractivity contribution in [2.45, 2.75) is 19.4 Å². The largest absolute Gasteiger partial charge is 0.497 e. The number of ether oxygens (including phenoxy) is 1. The summed E-state index contributed by atoms with van der Waals surface area (Å²) in [6.07, 6.45) is 3.26. The lowest BCUT2D eigenvalue weighted by Gasteiger charge is -2.17. The van der Waals surface area contributed by atoms with E-state index in [0.717, 1.165) is 23.3 Å². The van der Waals surface area contributed by atoms with Gasteiger partial charge in [-0.05, 0) is 35.7 Å². The second kappa shape index (κ2) is 7.21. The van der Waals surface area contributed by atoms with Crippen molar-refractivity contribution in [2.75, 3.05) is 14.2 Å². The monoisotopic (exact) mass is 322 g/mol. The predicted molar refractivity (Wildman–Crippen MR) is 96.1 cm³/mol. The number of methoxy groups -OCH3 is 1. The molecule has 0 saturated heterocycles. The van der Waals surface area contributed by atoms with Crippen molar-refractivity contribution in [3.8, 4) is 5.75 Å². The Morgan fingerprint density at radius 3 is 2.62 bits per heavy atom. The molecular weight excluding hydrogens is 300 g/mol. The van der Waals surface area contributed by atoms with Crippen LogP contribution in [0.25, 0.3) is 10.9 Å². The lowest BCUT2D eigenvalue weighted by Crippen LogP contribution is -2.26. The molecule has 3 rings (SSSR count). The van der Waals surface area contributed by atoms with E-state index in [2.05, 4.69) is 17.1 Å². The van der Waals surface area contributed by atoms with E-state index in [-0.39, 0.29) is 5.91 Å². The number of para-hydroxylation sites is 1. The summed E-state index contributed by atoms with van der Waals surface area (Å²) >= 11 is 0. The summed E-state index contributed by atoms with van der Waals surface area (Å²) in [5, 5.41) is 1.20. The topological polar surface area (TPSA) is 45.3 Å². The van der Waals surface area contributed by atoms with E-state index in [9.17, 15) is 4.79 Å². The fraction of sp³-hybridized carbons (Fsp3) is 0.250. The van der Waals surface area contributed by atoms with Gasteiger partial charge in [-0.1, -0.05) is 30.3 Å². The van der Waals surface area contributed by atoms with Gasteiger partial charge in [0, 0.05) is 37.1 Å². The quantitative estimate of drug-likeness (QED) is 0.751. The van der Waals surface area contributed by atoms with E-state index in [0.29, 0.717) is 13.0 Å². The van der Waals surface area contributed by atoms with Crippen LogP contribution >= 0.6 is 0 Å². The molecule has 0 bridgehead atoms. The van der Waals surface area contributed by atoms with Gasteiger partial charge in [0.25, 0.3) is 0 Å². The Morgan fingerprint density at radius 2 is 1.88 bits per heavy atom. The first-order valence-corrected chi connectivity index (χ1v) is 8.09. The van der Waals surface area contributed by atoms with Gasteiger partial charge in [-0.25, -0.2) is 0 Å². The van der Waals surface area contributed by atoms with Crippen LogP contribution in [0.5, 0.6) is 5.75 Å². The summed E-state index contributed by atoms with van der Waals surface area (Å²) in [6, 6.07) is 16.0. The number of carbonyl (C=O) groups is 1. The molecule has 1 aromatic heterocycles. The first-order chi connectivity index (χ1) is 11.7. The molecule has 1 N–H and O–H groups in total. The van der Waals surface area contributed by atoms with E-state index in [1.807, 2.05) is 49.6 Å². The first-order valence-electron chi connectivity index (χ1n) is 8.09. The van der Waals surface area contributed by atoms with Crippen molar-refractivity contribution >= 4 is 16.8 Å². The molecule has 124 valence electrons. The van der Waals surface area contributed by atoms with E-state index in [4.69, 9.17) is 4.74 Å². The number of rotatable bonds is 6. The number of nitrogens with zero attached hydrogens (tertiary/aromatic N) is 1. The van der Waals surface area contributed by atoms with Gasteiger partial charge < -0.3 is 14.6 Å². The van der Waals surface area contributed by atoms with Crippen LogP contribution in [-0.4, -0.2) is 29.9 Å². The van der Waals surface area contributed by atoms with Crippen molar-refractivity contribution in [3.05, 3.63) is 65.9 Å². The minimum atomic E-state index is 0.149. The Balaban J connectivity index is 1.57. The molecule has 1 amide bonds. The van der Waals surface area contributed by atoms with Crippen molar-refractivity contribution in [3.63, 3.8) is 0 Å². The molecule has 0 aliphatic rings. The lowest BCUT2D eigenvalue weighted by molar-refractivity contribution is -0.130. The average molecular weight is 322 g/mol. The predicted octanol–water partition coefficient (Wildman–Crippen LogP) is 3.77. The highest BCUT2D eigenvalue weighted by Crippen LogP contribution is 2.19. The average Bonchev–Trinajstić information content (AvgIpc) is 3.03. The van der Waals surface area contributed by atoms with Crippen LogP contribution < -0.4 is 4.74 Å². The highest BCUT2D eigenvalue weighted by Gasteiger charge is 2.11. The van der Waals surface area contributed by atoms with Crippen LogP contribution in [0.2, 0.25) is 0 Å². The number of aryl methyl sites for hydroxylation is 1. The number of H-pyrrole nitrogens is 1. The molecule has 1 heterocycles. The normalized spacial score (nSPS) is 10.8. The molecule has 0 fully saturated rings. The molecular formula is C20H22N2O2. The van der Waals surface area contributed by atoms with E-state index >= 15 is 0 Å². The van der Waals surface area contributed by atoms with Gasteiger partial charge in [0.2, 0.25) is 5.91 Å². The third kappa shape index (κ3) is 3.59. The Kier molecular flexibility index (Phi) is 4.85. The molecule has 4 nitrogen and oxygen atoms in total. The van der Waals surface area contributed by atoms with Crippen molar-refractivity contribution in [1.29, 1.82) is 0 Å². The molecule has 3 aromatic rings. The molecule has 0 aliphatic carbocycles. The Labute approximate surface area is 142 Å². The zero-order valence-corrected chi connectivity index (χ0v) is 14.1. The molecule has 0 aliphatic heterocycles. The lowest BCUT2D eigenvalue weighted by atomic mass is 10.1. The molecule has 0 atom stereocenters. The smallest absolute Gasteiger partial charge is 0.222 e. The molecule has 0 radical (unpaired) electrons. The zero-order valence-electron chi connectivity index (χ0n) is 14.1. The van der Waals surface area contributed by atoms with Crippen molar-refractivity contribution < 1.29 is 9.53 Å². The SMILES string of the molecule is COc1ccc(CN(C)C(=O)CCc2c[nH]c3ccccc23)cc1. The highest BCUT2D eigenvalue weighted by molar-refractivity contribution is 5.84. The number of nitrogens with one attached hydrogen (secondary N) is 1. The number of aromatic nitrogens is 1. The van der Waals surface area contributed by atoms with Crippen LogP contribution in [0.3, 0.4) is 0 Å². The second-order valence-electron chi connectivity index (χ2n) is 5.96. The van der Waals surface area contributed by atoms with Gasteiger partial charge in [-0.3, -0.25) is 4.79 Å². The fourth-order valence-electron chi connectivity index (χ4n) is 2.86. The number of carbonyl (C=O) groups excluding carboxylic acids is 1. The summed E-state index contributed by atoms with van der Waals surface area (Å²) in [4.78, 5) is 17.4. The molecule has 24 heavy (non-hydrogen) atoms. The first kappa shape index (κ1) is 16.1. The van der Waals surface area contributed by atoms with Crippen LogP contribution in [0.4, 0.5) is 0 Å². The van der Waals surface area contributed by atoms with Crippen LogP contribution in [0.15, 0.2) is 54.7 Å². The van der Waals surface area contributed by atoms with Gasteiger partial charge in [-0.2, -0.15) is 0 Å². The van der Waals surface area contributed by atoms with Gasteiger partial charge in [0.05, 0.1) is 7.11 Å². The Morgan fingerprint density at radius 1 is 1.12 bits per heavy atom. The Hall–Kier alpha value is -2.75. The van der Waals surface area contributed by atoms with E-state index in [1.165, 1.54) is 10.9 Å². The molecule has 0 spiro atoms. The Bertz CT molecular complexity index is 821. The maximum Gasteiger partial charge on any atom is 0.222 e. The fourth-order valence-corrected chi connectivity index (χ4v) is 2.86. The standard InChI is InChI=1S/C20H22N2O2/c1-22(14-15-7-10-17(24-2)11-8-15)20(23)12-9-16-13-21-19-6-4-3-5-18(16)19/h3-8,10-11,13,21H,9,12,14H2,1-2H3. The maximum absolute atomic E-state index is 12.4. The molecule has 0 unspecified atom stereocenters. The van der Waals surface area contributed by atoms with Gasteiger partial charge >= 0.3 is 0 Å². The van der Waals surface area contributed by atoms with E-state index in [1.54, 1.807) is 12.0 Å². The third-order valence-electron chi connectivity index (χ3n) is 4.29. The minimum Gasteiger partial charge on any atom is -0.497 e. The summed E-state index contributed by atoms with van der Waals surface area (Å²) in [5.74, 6) is 0.975. The number of amides is 1. The summed E-state index contributed by atoms with van der Waals surface area (Å²) in [5.41, 5.74) is 3.40. The van der Waals surface area contributed by atoms with Crippen LogP contribution in [-0.2, 0) is 17.8 Å². The van der Waals surface area contributed by atoms with Gasteiger partial charge in [0.15, 0.2) is 0 Å².